The zero-order valence-corrected chi connectivity index (χ0v) is 22.1. The molecule has 1 amide bonds. The van der Waals surface area contributed by atoms with Gasteiger partial charge >= 0.3 is 0 Å². The summed E-state index contributed by atoms with van der Waals surface area (Å²) >= 11 is 1.47. The van der Waals surface area contributed by atoms with Crippen LogP contribution in [-0.4, -0.2) is 46.2 Å². The van der Waals surface area contributed by atoms with Crippen molar-refractivity contribution in [2.45, 2.75) is 51.9 Å². The van der Waals surface area contributed by atoms with E-state index >= 15 is 0 Å². The minimum atomic E-state index is -0.325. The van der Waals surface area contributed by atoms with E-state index in [1.54, 1.807) is 0 Å². The normalized spacial score (nSPS) is 10.2. The van der Waals surface area contributed by atoms with E-state index in [4.69, 9.17) is 5.73 Å². The molecule has 0 fully saturated rings. The van der Waals surface area contributed by atoms with Crippen molar-refractivity contribution < 1.29 is 9.59 Å². The second kappa shape index (κ2) is 16.3. The van der Waals surface area contributed by atoms with Crippen LogP contribution in [-0.2, 0) is 22.4 Å². The van der Waals surface area contributed by atoms with Gasteiger partial charge in [0, 0.05) is 47.3 Å². The van der Waals surface area contributed by atoms with Gasteiger partial charge in [-0.3, -0.25) is 9.78 Å². The van der Waals surface area contributed by atoms with E-state index in [9.17, 15) is 9.59 Å². The summed E-state index contributed by atoms with van der Waals surface area (Å²) in [5.74, 6) is 0.705. The van der Waals surface area contributed by atoms with E-state index in [1.807, 2.05) is 51.1 Å². The maximum atomic E-state index is 10.4. The largest absolute Gasteiger partial charge is 0.369 e. The summed E-state index contributed by atoms with van der Waals surface area (Å²) in [5, 5.41) is 7.78. The van der Waals surface area contributed by atoms with Crippen LogP contribution in [0.5, 0.6) is 0 Å². The number of fused-ring (bicyclic) bond motifs is 1. The fraction of sp³-hybridized carbons (Fsp3) is 0.370. The number of H-pyrrole nitrogens is 1. The molecule has 0 saturated heterocycles. The third kappa shape index (κ3) is 10.5. The highest BCUT2D eigenvalue weighted by molar-refractivity contribution is 7.09. The number of pyridine rings is 1. The number of benzene rings is 1. The Morgan fingerprint density at radius 3 is 2.58 bits per heavy atom. The van der Waals surface area contributed by atoms with Crippen LogP contribution >= 0.6 is 11.3 Å². The first-order valence-electron chi connectivity index (χ1n) is 12.1. The maximum absolute atomic E-state index is 10.4. The Morgan fingerprint density at radius 2 is 1.89 bits per heavy atom. The topological polar surface area (TPSA) is 127 Å². The van der Waals surface area contributed by atoms with Crippen molar-refractivity contribution >= 4 is 34.3 Å². The molecule has 0 radical (unpaired) electrons. The van der Waals surface area contributed by atoms with E-state index in [1.165, 1.54) is 16.7 Å². The minimum absolute atomic E-state index is 0.262. The molecule has 1 aromatic carbocycles. The summed E-state index contributed by atoms with van der Waals surface area (Å²) in [5.41, 5.74) is 8.09. The zero-order valence-electron chi connectivity index (χ0n) is 21.3. The molecule has 8 nitrogen and oxygen atoms in total. The van der Waals surface area contributed by atoms with Crippen LogP contribution in [0.2, 0.25) is 0 Å². The Balaban J connectivity index is 0.000000292. The van der Waals surface area contributed by atoms with Crippen LogP contribution in [0, 0.1) is 6.92 Å². The number of aromatic nitrogens is 4. The van der Waals surface area contributed by atoms with Gasteiger partial charge in [-0.05, 0) is 51.4 Å². The SMILES string of the molecule is CNC.Cc1csc(CC(N)=O)n1.O=CCCCCCCc1ncc(-c2ccc3ccncc3c2)[nH]1. The van der Waals surface area contributed by atoms with Gasteiger partial charge in [-0.1, -0.05) is 25.0 Å². The molecule has 0 atom stereocenters. The predicted molar refractivity (Wildman–Crippen MR) is 147 cm³/mol. The van der Waals surface area contributed by atoms with Gasteiger partial charge in [0.25, 0.3) is 0 Å². The minimum Gasteiger partial charge on any atom is -0.369 e. The fourth-order valence-electron chi connectivity index (χ4n) is 3.40. The molecular formula is C27H36N6O2S. The molecule has 3 aromatic heterocycles. The number of aryl methyl sites for hydroxylation is 2. The number of carbonyl (C=O) groups is 2. The highest BCUT2D eigenvalue weighted by Crippen LogP contribution is 2.23. The van der Waals surface area contributed by atoms with Crippen LogP contribution in [0.4, 0.5) is 0 Å². The third-order valence-electron chi connectivity index (χ3n) is 5.06. The van der Waals surface area contributed by atoms with E-state index in [0.29, 0.717) is 6.42 Å². The van der Waals surface area contributed by atoms with Gasteiger partial charge in [-0.25, -0.2) is 9.97 Å². The molecule has 0 saturated carbocycles. The van der Waals surface area contributed by atoms with Gasteiger partial charge in [-0.15, -0.1) is 11.3 Å². The highest BCUT2D eigenvalue weighted by Gasteiger charge is 2.05. The third-order valence-corrected chi connectivity index (χ3v) is 6.02. The van der Waals surface area contributed by atoms with E-state index in [0.717, 1.165) is 71.6 Å². The van der Waals surface area contributed by atoms with Gasteiger partial charge in [-0.2, -0.15) is 0 Å². The molecule has 0 bridgehead atoms. The summed E-state index contributed by atoms with van der Waals surface area (Å²) in [6, 6.07) is 8.38. The standard InChI is InChI=1S/C19H21N3O.C6H8N2OS.C2H7N/c23-11-5-3-1-2-4-6-19-21-14-18(22-19)16-8-7-15-9-10-20-13-17(15)12-16;1-4-3-10-6(8-4)2-5(7)9;1-3-2/h7-14H,1-6H2,(H,21,22);3H,2H2,1H3,(H2,7,9);3H,1-2H3. The summed E-state index contributed by atoms with van der Waals surface area (Å²) in [7, 11) is 3.75. The van der Waals surface area contributed by atoms with Gasteiger partial charge < -0.3 is 20.8 Å². The number of carbonyl (C=O) groups excluding carboxylic acids is 2. The smallest absolute Gasteiger partial charge is 0.224 e. The number of aldehydes is 1. The number of hydrogen-bond donors (Lipinski definition) is 3. The first-order chi connectivity index (χ1) is 17.5. The van der Waals surface area contributed by atoms with Crippen molar-refractivity contribution in [3.63, 3.8) is 0 Å². The van der Waals surface area contributed by atoms with E-state index in [2.05, 4.69) is 43.5 Å². The molecule has 3 heterocycles. The maximum Gasteiger partial charge on any atom is 0.224 e. The molecule has 4 rings (SSSR count). The number of nitrogens with one attached hydrogen (secondary N) is 2. The Hall–Kier alpha value is -3.43. The molecule has 0 aliphatic carbocycles. The molecule has 0 aliphatic heterocycles. The average molecular weight is 509 g/mol. The fourth-order valence-corrected chi connectivity index (χ4v) is 4.18. The van der Waals surface area contributed by atoms with Crippen molar-refractivity contribution in [3.8, 4) is 11.3 Å². The second-order valence-electron chi connectivity index (χ2n) is 8.33. The average Bonchev–Trinajstić information content (AvgIpc) is 3.50. The Labute approximate surface area is 216 Å². The van der Waals surface area contributed by atoms with E-state index < -0.39 is 0 Å². The van der Waals surface area contributed by atoms with E-state index in [-0.39, 0.29) is 12.3 Å². The quantitative estimate of drug-likeness (QED) is 0.212. The van der Waals surface area contributed by atoms with Gasteiger partial charge in [0.1, 0.15) is 17.1 Å². The number of aromatic amines is 1. The molecule has 0 spiro atoms. The first kappa shape index (κ1) is 28.8. The van der Waals surface area contributed by atoms with Crippen molar-refractivity contribution in [2.75, 3.05) is 14.1 Å². The van der Waals surface area contributed by atoms with Crippen LogP contribution < -0.4 is 11.1 Å². The molecule has 36 heavy (non-hydrogen) atoms. The molecule has 0 unspecified atom stereocenters. The number of amides is 1. The summed E-state index contributed by atoms with van der Waals surface area (Å²) < 4.78 is 0. The summed E-state index contributed by atoms with van der Waals surface area (Å²) in [6.07, 6.45) is 12.9. The van der Waals surface area contributed by atoms with Crippen molar-refractivity contribution in [1.29, 1.82) is 0 Å². The summed E-state index contributed by atoms with van der Waals surface area (Å²) in [4.78, 5) is 36.8. The molecule has 4 aromatic rings. The lowest BCUT2D eigenvalue weighted by molar-refractivity contribution is -0.117. The molecular weight excluding hydrogens is 472 g/mol. The lowest BCUT2D eigenvalue weighted by Gasteiger charge is -2.01. The molecule has 0 aliphatic rings. The Morgan fingerprint density at radius 1 is 1.11 bits per heavy atom. The van der Waals surface area contributed by atoms with Crippen LogP contribution in [0.25, 0.3) is 22.0 Å². The lowest BCUT2D eigenvalue weighted by Crippen LogP contribution is -2.13. The monoisotopic (exact) mass is 508 g/mol. The Kier molecular flexibility index (Phi) is 13.0. The van der Waals surface area contributed by atoms with Crippen molar-refractivity contribution in [3.05, 3.63) is 64.8 Å². The van der Waals surface area contributed by atoms with Gasteiger partial charge in [0.05, 0.1) is 18.3 Å². The number of hydrogen-bond acceptors (Lipinski definition) is 7. The lowest BCUT2D eigenvalue weighted by atomic mass is 10.1. The number of imidazole rings is 1. The number of primary amides is 1. The van der Waals surface area contributed by atoms with Crippen LogP contribution in [0.3, 0.4) is 0 Å². The predicted octanol–water partition coefficient (Wildman–Crippen LogP) is 4.63. The number of nitrogens with zero attached hydrogens (tertiary/aromatic N) is 3. The number of nitrogens with two attached hydrogens (primary N) is 1. The summed E-state index contributed by atoms with van der Waals surface area (Å²) in [6.45, 7) is 1.89. The first-order valence-corrected chi connectivity index (χ1v) is 12.9. The molecule has 9 heteroatoms. The molecule has 192 valence electrons. The highest BCUT2D eigenvalue weighted by atomic mass is 32.1. The van der Waals surface area contributed by atoms with Crippen LogP contribution in [0.1, 0.15) is 48.6 Å². The van der Waals surface area contributed by atoms with Crippen LogP contribution in [0.15, 0.2) is 48.2 Å². The second-order valence-corrected chi connectivity index (χ2v) is 9.27. The Bertz CT molecular complexity index is 1200. The zero-order chi connectivity index (χ0) is 26.2. The molecule has 4 N–H and O–H groups in total. The number of rotatable bonds is 10. The number of unbranched alkanes of at least 4 members (excludes halogenated alkanes) is 4. The van der Waals surface area contributed by atoms with Gasteiger partial charge in [0.15, 0.2) is 0 Å². The van der Waals surface area contributed by atoms with Crippen molar-refractivity contribution in [1.82, 2.24) is 25.3 Å². The van der Waals surface area contributed by atoms with Gasteiger partial charge in [0.2, 0.25) is 5.91 Å². The van der Waals surface area contributed by atoms with Crippen molar-refractivity contribution in [2.24, 2.45) is 5.73 Å². The number of thiazole rings is 1.